The summed E-state index contributed by atoms with van der Waals surface area (Å²) in [5, 5.41) is 9.30. The number of quaternary nitrogens is 1. The van der Waals surface area contributed by atoms with Crippen LogP contribution in [0.2, 0.25) is 0 Å². The average Bonchev–Trinajstić information content (AvgIpc) is 2.45. The number of aliphatic hydroxyl groups excluding tert-OH is 1. The zero-order chi connectivity index (χ0) is 14.4. The molecule has 1 aromatic rings. The molecule has 112 valence electrons. The number of piperazine rings is 1. The molecule has 1 saturated heterocycles. The number of hydrogen-bond acceptors (Lipinski definition) is 3. The molecule has 1 aliphatic rings. The highest BCUT2D eigenvalue weighted by molar-refractivity contribution is 5.39. The normalized spacial score (nSPS) is 19.1. The zero-order valence-corrected chi connectivity index (χ0v) is 12.6. The minimum Gasteiger partial charge on any atom is -0.399 e. The van der Waals surface area contributed by atoms with Crippen LogP contribution in [0, 0.1) is 0 Å². The Morgan fingerprint density at radius 1 is 1.15 bits per heavy atom. The van der Waals surface area contributed by atoms with Crippen molar-refractivity contribution in [2.45, 2.75) is 19.9 Å². The van der Waals surface area contributed by atoms with E-state index in [-0.39, 0.29) is 0 Å². The lowest BCUT2D eigenvalue weighted by Gasteiger charge is -2.44. The first-order valence-electron chi connectivity index (χ1n) is 7.70. The predicted octanol–water partition coefficient (Wildman–Crippen LogP) is 1.30. The number of aliphatic hydroxyl groups is 1. The molecule has 0 spiro atoms. The van der Waals surface area contributed by atoms with E-state index < -0.39 is 0 Å². The fourth-order valence-corrected chi connectivity index (χ4v) is 3.22. The zero-order valence-electron chi connectivity index (χ0n) is 12.6. The van der Waals surface area contributed by atoms with Crippen LogP contribution in [-0.4, -0.2) is 60.4 Å². The van der Waals surface area contributed by atoms with Crippen molar-refractivity contribution in [2.24, 2.45) is 0 Å². The molecule has 0 bridgehead atoms. The molecule has 1 fully saturated rings. The van der Waals surface area contributed by atoms with E-state index in [0.717, 1.165) is 49.4 Å². The SMILES string of the molecule is CCC[N+]1(CCO)CCN(Cc2ccc(N)cc2)CC1. The van der Waals surface area contributed by atoms with Crippen LogP contribution in [0.3, 0.4) is 0 Å². The van der Waals surface area contributed by atoms with Crippen molar-refractivity contribution in [1.82, 2.24) is 4.90 Å². The molecule has 0 radical (unpaired) electrons. The van der Waals surface area contributed by atoms with Crippen molar-refractivity contribution in [1.29, 1.82) is 0 Å². The Morgan fingerprint density at radius 2 is 1.80 bits per heavy atom. The van der Waals surface area contributed by atoms with Crippen LogP contribution < -0.4 is 5.73 Å². The van der Waals surface area contributed by atoms with Crippen LogP contribution >= 0.6 is 0 Å². The summed E-state index contributed by atoms with van der Waals surface area (Å²) in [5.74, 6) is 0. The molecule has 4 nitrogen and oxygen atoms in total. The van der Waals surface area contributed by atoms with Gasteiger partial charge in [-0.3, -0.25) is 4.90 Å². The van der Waals surface area contributed by atoms with E-state index in [1.807, 2.05) is 12.1 Å². The van der Waals surface area contributed by atoms with Gasteiger partial charge >= 0.3 is 0 Å². The first kappa shape index (κ1) is 15.3. The van der Waals surface area contributed by atoms with Gasteiger partial charge in [-0.1, -0.05) is 19.1 Å². The van der Waals surface area contributed by atoms with Gasteiger partial charge in [-0.15, -0.1) is 0 Å². The van der Waals surface area contributed by atoms with Gasteiger partial charge < -0.3 is 15.3 Å². The van der Waals surface area contributed by atoms with Gasteiger partial charge in [0, 0.05) is 25.3 Å². The summed E-state index contributed by atoms with van der Waals surface area (Å²) in [7, 11) is 0. The molecular formula is C16H28N3O+. The fourth-order valence-electron chi connectivity index (χ4n) is 3.22. The third-order valence-corrected chi connectivity index (χ3v) is 4.44. The van der Waals surface area contributed by atoms with Gasteiger partial charge in [0.2, 0.25) is 0 Å². The number of rotatable bonds is 6. The van der Waals surface area contributed by atoms with Gasteiger partial charge in [0.1, 0.15) is 6.54 Å². The summed E-state index contributed by atoms with van der Waals surface area (Å²) < 4.78 is 1.09. The average molecular weight is 278 g/mol. The van der Waals surface area contributed by atoms with Gasteiger partial charge in [-0.25, -0.2) is 0 Å². The van der Waals surface area contributed by atoms with Crippen molar-refractivity contribution in [3.8, 4) is 0 Å². The Bertz CT molecular complexity index is 389. The Morgan fingerprint density at radius 3 is 2.35 bits per heavy atom. The molecule has 1 aliphatic heterocycles. The van der Waals surface area contributed by atoms with Crippen molar-refractivity contribution < 1.29 is 9.59 Å². The number of hydrogen-bond donors (Lipinski definition) is 2. The van der Waals surface area contributed by atoms with E-state index in [4.69, 9.17) is 5.73 Å². The quantitative estimate of drug-likeness (QED) is 0.609. The monoisotopic (exact) mass is 278 g/mol. The van der Waals surface area contributed by atoms with Crippen molar-refractivity contribution >= 4 is 5.69 Å². The molecule has 0 atom stereocenters. The van der Waals surface area contributed by atoms with Crippen molar-refractivity contribution in [3.63, 3.8) is 0 Å². The molecule has 0 aliphatic carbocycles. The van der Waals surface area contributed by atoms with E-state index in [1.54, 1.807) is 0 Å². The highest BCUT2D eigenvalue weighted by Gasteiger charge is 2.31. The summed E-state index contributed by atoms with van der Waals surface area (Å²) in [6.45, 7) is 10.2. The summed E-state index contributed by atoms with van der Waals surface area (Å²) in [5.41, 5.74) is 7.88. The summed E-state index contributed by atoms with van der Waals surface area (Å²) >= 11 is 0. The number of anilines is 1. The first-order chi connectivity index (χ1) is 9.67. The molecule has 0 aromatic heterocycles. The highest BCUT2D eigenvalue weighted by Crippen LogP contribution is 2.16. The van der Waals surface area contributed by atoms with E-state index in [2.05, 4.69) is 24.0 Å². The fraction of sp³-hybridized carbons (Fsp3) is 0.625. The number of nitrogens with two attached hydrogens (primary N) is 1. The number of nitrogen functional groups attached to an aromatic ring is 1. The molecule has 0 unspecified atom stereocenters. The van der Waals surface area contributed by atoms with Crippen LogP contribution in [0.4, 0.5) is 5.69 Å². The first-order valence-corrected chi connectivity index (χ1v) is 7.70. The van der Waals surface area contributed by atoms with Gasteiger partial charge in [-0.2, -0.15) is 0 Å². The predicted molar refractivity (Wildman–Crippen MR) is 83.2 cm³/mol. The second kappa shape index (κ2) is 7.07. The lowest BCUT2D eigenvalue weighted by molar-refractivity contribution is -0.932. The lowest BCUT2D eigenvalue weighted by atomic mass is 10.1. The van der Waals surface area contributed by atoms with Gasteiger partial charge in [0.25, 0.3) is 0 Å². The van der Waals surface area contributed by atoms with Gasteiger partial charge in [0.05, 0.1) is 26.2 Å². The molecule has 0 saturated carbocycles. The maximum Gasteiger partial charge on any atom is 0.102 e. The van der Waals surface area contributed by atoms with Crippen LogP contribution in [0.15, 0.2) is 24.3 Å². The van der Waals surface area contributed by atoms with E-state index >= 15 is 0 Å². The Hall–Kier alpha value is -1.10. The van der Waals surface area contributed by atoms with Gasteiger partial charge in [-0.05, 0) is 24.1 Å². The molecule has 20 heavy (non-hydrogen) atoms. The molecule has 1 heterocycles. The topological polar surface area (TPSA) is 49.5 Å². The lowest BCUT2D eigenvalue weighted by Crippen LogP contribution is -2.60. The number of benzene rings is 1. The summed E-state index contributed by atoms with van der Waals surface area (Å²) in [6, 6.07) is 8.18. The molecule has 2 rings (SSSR count). The van der Waals surface area contributed by atoms with Crippen LogP contribution in [0.1, 0.15) is 18.9 Å². The van der Waals surface area contributed by atoms with Crippen molar-refractivity contribution in [3.05, 3.63) is 29.8 Å². The smallest absolute Gasteiger partial charge is 0.102 e. The van der Waals surface area contributed by atoms with Crippen molar-refractivity contribution in [2.75, 3.05) is 51.6 Å². The standard InChI is InChI=1S/C16H28N3O/c1-2-9-19(12-13-20)10-7-18(8-11-19)14-15-3-5-16(17)6-4-15/h3-6,20H,2,7-14,17H2,1H3/q+1. The third kappa shape index (κ3) is 3.95. The molecular weight excluding hydrogens is 250 g/mol. The van der Waals surface area contributed by atoms with E-state index in [0.29, 0.717) is 6.61 Å². The second-order valence-electron chi connectivity index (χ2n) is 5.98. The largest absolute Gasteiger partial charge is 0.399 e. The van der Waals surface area contributed by atoms with E-state index in [9.17, 15) is 5.11 Å². The van der Waals surface area contributed by atoms with Crippen LogP contribution in [-0.2, 0) is 6.54 Å². The van der Waals surface area contributed by atoms with Gasteiger partial charge in [0.15, 0.2) is 0 Å². The summed E-state index contributed by atoms with van der Waals surface area (Å²) in [4.78, 5) is 2.51. The maximum absolute atomic E-state index is 9.30. The van der Waals surface area contributed by atoms with E-state index in [1.165, 1.54) is 18.5 Å². The Kier molecular flexibility index (Phi) is 5.40. The molecule has 4 heteroatoms. The molecule has 3 N–H and O–H groups in total. The maximum atomic E-state index is 9.30. The molecule has 1 aromatic carbocycles. The third-order valence-electron chi connectivity index (χ3n) is 4.44. The summed E-state index contributed by atoms with van der Waals surface area (Å²) in [6.07, 6.45) is 1.19. The minimum atomic E-state index is 0.304. The Labute approximate surface area is 122 Å². The minimum absolute atomic E-state index is 0.304. The second-order valence-corrected chi connectivity index (χ2v) is 5.98. The van der Waals surface area contributed by atoms with Crippen LogP contribution in [0.5, 0.6) is 0 Å². The number of nitrogens with zero attached hydrogens (tertiary/aromatic N) is 2. The Balaban J connectivity index is 1.88. The highest BCUT2D eigenvalue weighted by atomic mass is 16.3. The molecule has 0 amide bonds. The van der Waals surface area contributed by atoms with Crippen LogP contribution in [0.25, 0.3) is 0 Å².